The van der Waals surface area contributed by atoms with Gasteiger partial charge in [0.25, 0.3) is 0 Å². The second-order valence-electron chi connectivity index (χ2n) is 5.27. The normalized spacial score (nSPS) is 33.3. The largest absolute Gasteiger partial charge is 0.308 e. The Labute approximate surface area is 93.6 Å². The minimum atomic E-state index is 0.295. The van der Waals surface area contributed by atoms with E-state index in [0.29, 0.717) is 5.54 Å². The van der Waals surface area contributed by atoms with Crippen LogP contribution in [0.1, 0.15) is 44.9 Å². The highest BCUT2D eigenvalue weighted by molar-refractivity contribution is 5.07. The minimum absolute atomic E-state index is 0.295. The molecule has 1 nitrogen and oxygen atoms in total. The molecular formula is C14H23N. The van der Waals surface area contributed by atoms with Crippen molar-refractivity contribution in [1.29, 1.82) is 0 Å². The Morgan fingerprint density at radius 2 is 1.80 bits per heavy atom. The van der Waals surface area contributed by atoms with E-state index in [2.05, 4.69) is 30.6 Å². The maximum Gasteiger partial charge on any atom is 0.0255 e. The maximum absolute atomic E-state index is 3.89. The molecule has 2 aliphatic rings. The van der Waals surface area contributed by atoms with Crippen LogP contribution in [0.15, 0.2) is 25.3 Å². The summed E-state index contributed by atoms with van der Waals surface area (Å²) in [5.74, 6) is 0.915. The van der Waals surface area contributed by atoms with E-state index >= 15 is 0 Å². The van der Waals surface area contributed by atoms with Crippen molar-refractivity contribution in [2.45, 2.75) is 56.5 Å². The third-order valence-electron chi connectivity index (χ3n) is 4.12. The molecule has 1 heteroatoms. The van der Waals surface area contributed by atoms with Gasteiger partial charge >= 0.3 is 0 Å². The van der Waals surface area contributed by atoms with Crippen LogP contribution in [-0.4, -0.2) is 11.6 Å². The molecular weight excluding hydrogens is 182 g/mol. The fourth-order valence-corrected chi connectivity index (χ4v) is 3.52. The summed E-state index contributed by atoms with van der Waals surface area (Å²) >= 11 is 0. The number of rotatable bonds is 4. The van der Waals surface area contributed by atoms with Crippen LogP contribution < -0.4 is 5.32 Å². The summed E-state index contributed by atoms with van der Waals surface area (Å²) in [7, 11) is 0. The van der Waals surface area contributed by atoms with Gasteiger partial charge in [-0.25, -0.2) is 0 Å². The zero-order chi connectivity index (χ0) is 10.7. The molecule has 0 aromatic heterocycles. The van der Waals surface area contributed by atoms with Crippen LogP contribution in [0.4, 0.5) is 0 Å². The maximum atomic E-state index is 3.89. The quantitative estimate of drug-likeness (QED) is 0.693. The highest BCUT2D eigenvalue weighted by Crippen LogP contribution is 2.41. The lowest BCUT2D eigenvalue weighted by molar-refractivity contribution is 0.323. The van der Waals surface area contributed by atoms with E-state index in [0.717, 1.165) is 24.8 Å². The van der Waals surface area contributed by atoms with Crippen molar-refractivity contribution in [2.75, 3.05) is 0 Å². The van der Waals surface area contributed by atoms with E-state index in [1.54, 1.807) is 0 Å². The van der Waals surface area contributed by atoms with Gasteiger partial charge in [-0.2, -0.15) is 0 Å². The monoisotopic (exact) mass is 205 g/mol. The van der Waals surface area contributed by atoms with E-state index < -0.39 is 0 Å². The van der Waals surface area contributed by atoms with Crippen LogP contribution in [0.5, 0.6) is 0 Å². The smallest absolute Gasteiger partial charge is 0.0255 e. The molecule has 2 atom stereocenters. The zero-order valence-electron chi connectivity index (χ0n) is 9.67. The molecule has 84 valence electrons. The molecule has 15 heavy (non-hydrogen) atoms. The van der Waals surface area contributed by atoms with Crippen molar-refractivity contribution in [3.05, 3.63) is 25.3 Å². The van der Waals surface area contributed by atoms with Crippen molar-refractivity contribution < 1.29 is 0 Å². The molecule has 0 aromatic rings. The Balaban J connectivity index is 2.07. The standard InChI is InChI=1S/C14H23N/c1-3-9-14(10-4-2)11-12-7-5-6-8-13(12)15-14/h3-4,12-13,15H,1-2,5-11H2. The SMILES string of the molecule is C=CCC1(CC=C)CC2CCCCC2N1. The van der Waals surface area contributed by atoms with Gasteiger partial charge in [0.05, 0.1) is 0 Å². The van der Waals surface area contributed by atoms with Gasteiger partial charge in [-0.15, -0.1) is 13.2 Å². The van der Waals surface area contributed by atoms with E-state index in [-0.39, 0.29) is 0 Å². The highest BCUT2D eigenvalue weighted by Gasteiger charge is 2.43. The molecule has 1 N–H and O–H groups in total. The van der Waals surface area contributed by atoms with Crippen molar-refractivity contribution >= 4 is 0 Å². The lowest BCUT2D eigenvalue weighted by Gasteiger charge is -2.28. The molecule has 0 bridgehead atoms. The Kier molecular flexibility index (Phi) is 3.30. The van der Waals surface area contributed by atoms with Crippen LogP contribution >= 0.6 is 0 Å². The molecule has 1 heterocycles. The van der Waals surface area contributed by atoms with Crippen LogP contribution in [-0.2, 0) is 0 Å². The van der Waals surface area contributed by atoms with Gasteiger partial charge in [-0.3, -0.25) is 0 Å². The summed E-state index contributed by atoms with van der Waals surface area (Å²) in [5, 5.41) is 3.87. The first-order valence-corrected chi connectivity index (χ1v) is 6.29. The first-order chi connectivity index (χ1) is 7.29. The van der Waals surface area contributed by atoms with Gasteiger partial charge < -0.3 is 5.32 Å². The van der Waals surface area contributed by atoms with Gasteiger partial charge in [-0.1, -0.05) is 25.0 Å². The number of hydrogen-bond donors (Lipinski definition) is 1. The average Bonchev–Trinajstić information content (AvgIpc) is 2.56. The molecule has 1 saturated heterocycles. The zero-order valence-corrected chi connectivity index (χ0v) is 9.67. The fourth-order valence-electron chi connectivity index (χ4n) is 3.52. The van der Waals surface area contributed by atoms with Crippen LogP contribution in [0.3, 0.4) is 0 Å². The van der Waals surface area contributed by atoms with Crippen molar-refractivity contribution in [2.24, 2.45) is 5.92 Å². The Morgan fingerprint density at radius 3 is 2.40 bits per heavy atom. The molecule has 1 aliphatic carbocycles. The molecule has 1 aliphatic heterocycles. The van der Waals surface area contributed by atoms with E-state index in [9.17, 15) is 0 Å². The molecule has 2 unspecified atom stereocenters. The van der Waals surface area contributed by atoms with Crippen LogP contribution in [0.2, 0.25) is 0 Å². The third kappa shape index (κ3) is 2.17. The molecule has 0 amide bonds. The van der Waals surface area contributed by atoms with Gasteiger partial charge in [0.2, 0.25) is 0 Å². The first-order valence-electron chi connectivity index (χ1n) is 6.29. The minimum Gasteiger partial charge on any atom is -0.308 e. The highest BCUT2D eigenvalue weighted by atomic mass is 15.1. The Morgan fingerprint density at radius 1 is 1.13 bits per heavy atom. The van der Waals surface area contributed by atoms with Gasteiger partial charge in [0.15, 0.2) is 0 Å². The predicted octanol–water partition coefficient (Wildman–Crippen LogP) is 3.43. The Hall–Kier alpha value is -0.560. The van der Waals surface area contributed by atoms with E-state index in [1.165, 1.54) is 32.1 Å². The second kappa shape index (κ2) is 4.52. The van der Waals surface area contributed by atoms with Gasteiger partial charge in [0, 0.05) is 11.6 Å². The first kappa shape index (κ1) is 10.9. The molecule has 0 spiro atoms. The summed E-state index contributed by atoms with van der Waals surface area (Å²) in [6.45, 7) is 7.79. The number of hydrogen-bond acceptors (Lipinski definition) is 1. The third-order valence-corrected chi connectivity index (χ3v) is 4.12. The van der Waals surface area contributed by atoms with E-state index in [1.807, 2.05) is 0 Å². The van der Waals surface area contributed by atoms with Crippen LogP contribution in [0, 0.1) is 5.92 Å². The predicted molar refractivity (Wildman–Crippen MR) is 65.9 cm³/mol. The average molecular weight is 205 g/mol. The summed E-state index contributed by atoms with van der Waals surface area (Å²) in [6.07, 6.45) is 13.3. The Bertz CT molecular complexity index is 218. The van der Waals surface area contributed by atoms with E-state index in [4.69, 9.17) is 0 Å². The molecule has 2 rings (SSSR count). The van der Waals surface area contributed by atoms with Crippen LogP contribution in [0.25, 0.3) is 0 Å². The molecule has 2 fully saturated rings. The number of nitrogens with one attached hydrogen (secondary N) is 1. The topological polar surface area (TPSA) is 12.0 Å². The van der Waals surface area contributed by atoms with Crippen molar-refractivity contribution in [3.63, 3.8) is 0 Å². The fraction of sp³-hybridized carbons (Fsp3) is 0.714. The summed E-state index contributed by atoms with van der Waals surface area (Å²) in [5.41, 5.74) is 0.295. The molecule has 1 saturated carbocycles. The van der Waals surface area contributed by atoms with Crippen molar-refractivity contribution in [3.8, 4) is 0 Å². The lowest BCUT2D eigenvalue weighted by Crippen LogP contribution is -2.42. The number of fused-ring (bicyclic) bond motifs is 1. The molecule has 0 aromatic carbocycles. The summed E-state index contributed by atoms with van der Waals surface area (Å²) in [6, 6.07) is 0.777. The summed E-state index contributed by atoms with van der Waals surface area (Å²) < 4.78 is 0. The van der Waals surface area contributed by atoms with Gasteiger partial charge in [0.1, 0.15) is 0 Å². The van der Waals surface area contributed by atoms with Gasteiger partial charge in [-0.05, 0) is 38.0 Å². The summed E-state index contributed by atoms with van der Waals surface area (Å²) in [4.78, 5) is 0. The molecule has 0 radical (unpaired) electrons. The van der Waals surface area contributed by atoms with Crippen molar-refractivity contribution in [1.82, 2.24) is 5.32 Å². The second-order valence-corrected chi connectivity index (χ2v) is 5.27. The lowest BCUT2D eigenvalue weighted by atomic mass is 9.81.